The molecule has 1 saturated heterocycles. The van der Waals surface area contributed by atoms with Crippen molar-refractivity contribution in [2.45, 2.75) is 51.2 Å². The van der Waals surface area contributed by atoms with Gasteiger partial charge in [-0.05, 0) is 37.3 Å². The Balaban J connectivity index is 1.43. The Morgan fingerprint density at radius 3 is 2.59 bits per heavy atom. The highest BCUT2D eigenvalue weighted by molar-refractivity contribution is 5.74. The van der Waals surface area contributed by atoms with Crippen molar-refractivity contribution in [1.29, 1.82) is 0 Å². The zero-order valence-electron chi connectivity index (χ0n) is 13.2. The minimum atomic E-state index is 0.0983. The monoisotopic (exact) mass is 303 g/mol. The molecule has 22 heavy (non-hydrogen) atoms. The largest absolute Gasteiger partial charge is 0.490 e. The molecule has 1 saturated carbocycles. The zero-order valence-corrected chi connectivity index (χ0v) is 13.2. The summed E-state index contributed by atoms with van der Waals surface area (Å²) in [6.45, 7) is 3.68. The second kappa shape index (κ2) is 6.99. The van der Waals surface area contributed by atoms with Crippen LogP contribution < -0.4 is 10.1 Å². The SMILES string of the molecule is CC[C@H](NC(=O)N1CCC(Oc2ccncc2)CC1)C1CC1. The number of piperidine rings is 1. The van der Waals surface area contributed by atoms with Crippen LogP contribution >= 0.6 is 0 Å². The van der Waals surface area contributed by atoms with Gasteiger partial charge in [-0.3, -0.25) is 4.98 Å². The van der Waals surface area contributed by atoms with Gasteiger partial charge in [0.1, 0.15) is 11.9 Å². The number of nitrogens with zero attached hydrogens (tertiary/aromatic N) is 2. The number of likely N-dealkylation sites (tertiary alicyclic amines) is 1. The van der Waals surface area contributed by atoms with E-state index in [9.17, 15) is 4.79 Å². The molecule has 0 aromatic carbocycles. The van der Waals surface area contributed by atoms with Gasteiger partial charge in [0.25, 0.3) is 0 Å². The number of carbonyl (C=O) groups is 1. The molecule has 1 aromatic rings. The van der Waals surface area contributed by atoms with E-state index in [1.165, 1.54) is 12.8 Å². The summed E-state index contributed by atoms with van der Waals surface area (Å²) in [6.07, 6.45) is 8.99. The first-order valence-corrected chi connectivity index (χ1v) is 8.38. The highest BCUT2D eigenvalue weighted by Crippen LogP contribution is 2.34. The molecule has 2 amide bonds. The van der Waals surface area contributed by atoms with E-state index in [4.69, 9.17) is 4.74 Å². The van der Waals surface area contributed by atoms with Crippen molar-refractivity contribution in [3.05, 3.63) is 24.5 Å². The number of ether oxygens (including phenoxy) is 1. The fraction of sp³-hybridized carbons (Fsp3) is 0.647. The van der Waals surface area contributed by atoms with Crippen LogP contribution in [0.1, 0.15) is 39.0 Å². The highest BCUT2D eigenvalue weighted by Gasteiger charge is 2.32. The third kappa shape index (κ3) is 3.90. The summed E-state index contributed by atoms with van der Waals surface area (Å²) in [4.78, 5) is 18.2. The summed E-state index contributed by atoms with van der Waals surface area (Å²) < 4.78 is 5.94. The lowest BCUT2D eigenvalue weighted by Crippen LogP contribution is -2.49. The van der Waals surface area contributed by atoms with Crippen LogP contribution in [-0.2, 0) is 0 Å². The summed E-state index contributed by atoms with van der Waals surface area (Å²) in [7, 11) is 0. The average Bonchev–Trinajstić information content (AvgIpc) is 3.39. The number of amides is 2. The lowest BCUT2D eigenvalue weighted by atomic mass is 10.1. The number of hydrogen-bond donors (Lipinski definition) is 1. The van der Waals surface area contributed by atoms with E-state index < -0.39 is 0 Å². The number of nitrogens with one attached hydrogen (secondary N) is 1. The van der Waals surface area contributed by atoms with E-state index in [2.05, 4.69) is 17.2 Å². The molecule has 2 heterocycles. The maximum atomic E-state index is 12.3. The molecule has 1 aliphatic heterocycles. The van der Waals surface area contributed by atoms with Crippen LogP contribution in [0.2, 0.25) is 0 Å². The number of pyridine rings is 1. The number of aromatic nitrogens is 1. The molecule has 1 aromatic heterocycles. The summed E-state index contributed by atoms with van der Waals surface area (Å²) >= 11 is 0. The van der Waals surface area contributed by atoms with Crippen LogP contribution in [0.15, 0.2) is 24.5 Å². The first kappa shape index (κ1) is 15.1. The number of hydrogen-bond acceptors (Lipinski definition) is 3. The van der Waals surface area contributed by atoms with Gasteiger partial charge in [-0.2, -0.15) is 0 Å². The van der Waals surface area contributed by atoms with Crippen molar-refractivity contribution in [1.82, 2.24) is 15.2 Å². The first-order chi connectivity index (χ1) is 10.8. The molecule has 1 atom stereocenters. The number of carbonyl (C=O) groups excluding carboxylic acids is 1. The Morgan fingerprint density at radius 1 is 1.32 bits per heavy atom. The van der Waals surface area contributed by atoms with E-state index in [1.807, 2.05) is 17.0 Å². The molecule has 5 nitrogen and oxygen atoms in total. The highest BCUT2D eigenvalue weighted by atomic mass is 16.5. The molecule has 0 spiro atoms. The second-order valence-electron chi connectivity index (χ2n) is 6.29. The normalized spacial score (nSPS) is 20.5. The van der Waals surface area contributed by atoms with Gasteiger partial charge in [0.15, 0.2) is 0 Å². The molecule has 2 fully saturated rings. The summed E-state index contributed by atoms with van der Waals surface area (Å²) in [5.41, 5.74) is 0. The number of rotatable bonds is 5. The lowest BCUT2D eigenvalue weighted by molar-refractivity contribution is 0.109. The van der Waals surface area contributed by atoms with Gasteiger partial charge >= 0.3 is 6.03 Å². The maximum Gasteiger partial charge on any atom is 0.317 e. The van der Waals surface area contributed by atoms with Gasteiger partial charge in [-0.25, -0.2) is 4.79 Å². The minimum Gasteiger partial charge on any atom is -0.490 e. The average molecular weight is 303 g/mol. The third-order valence-electron chi connectivity index (χ3n) is 4.62. The molecule has 3 rings (SSSR count). The topological polar surface area (TPSA) is 54.5 Å². The van der Waals surface area contributed by atoms with Crippen molar-refractivity contribution in [2.75, 3.05) is 13.1 Å². The predicted molar refractivity (Wildman–Crippen MR) is 84.8 cm³/mol. The fourth-order valence-electron chi connectivity index (χ4n) is 3.09. The van der Waals surface area contributed by atoms with Crippen molar-refractivity contribution in [2.24, 2.45) is 5.92 Å². The summed E-state index contributed by atoms with van der Waals surface area (Å²) in [5.74, 6) is 1.57. The number of urea groups is 1. The van der Waals surface area contributed by atoms with E-state index in [0.29, 0.717) is 12.0 Å². The zero-order chi connectivity index (χ0) is 15.4. The molecule has 0 bridgehead atoms. The Kier molecular flexibility index (Phi) is 4.80. The van der Waals surface area contributed by atoms with Gasteiger partial charge in [0.2, 0.25) is 0 Å². The minimum absolute atomic E-state index is 0.0983. The Labute approximate surface area is 132 Å². The van der Waals surface area contributed by atoms with Crippen LogP contribution in [0.25, 0.3) is 0 Å². The lowest BCUT2D eigenvalue weighted by Gasteiger charge is -2.33. The van der Waals surface area contributed by atoms with Crippen LogP contribution in [-0.4, -0.2) is 41.2 Å². The first-order valence-electron chi connectivity index (χ1n) is 8.38. The molecule has 0 radical (unpaired) electrons. The van der Waals surface area contributed by atoms with Gasteiger partial charge in [0.05, 0.1) is 0 Å². The predicted octanol–water partition coefficient (Wildman–Crippen LogP) is 2.82. The van der Waals surface area contributed by atoms with E-state index in [0.717, 1.165) is 38.1 Å². The van der Waals surface area contributed by atoms with Gasteiger partial charge < -0.3 is 15.0 Å². The summed E-state index contributed by atoms with van der Waals surface area (Å²) in [6, 6.07) is 4.21. The van der Waals surface area contributed by atoms with Crippen LogP contribution in [0.4, 0.5) is 4.79 Å². The standard InChI is InChI=1S/C17H25N3O2/c1-2-16(13-3-4-13)19-17(21)20-11-7-15(8-12-20)22-14-5-9-18-10-6-14/h5-6,9-10,13,15-16H,2-4,7-8,11-12H2,1H3,(H,19,21)/t16-/m0/s1. The molecule has 5 heteroatoms. The summed E-state index contributed by atoms with van der Waals surface area (Å²) in [5, 5.41) is 3.20. The van der Waals surface area contributed by atoms with E-state index in [-0.39, 0.29) is 12.1 Å². The molecule has 2 aliphatic rings. The maximum absolute atomic E-state index is 12.3. The van der Waals surface area contributed by atoms with Crippen molar-refractivity contribution in [3.63, 3.8) is 0 Å². The van der Waals surface area contributed by atoms with Crippen molar-refractivity contribution in [3.8, 4) is 5.75 Å². The second-order valence-corrected chi connectivity index (χ2v) is 6.29. The van der Waals surface area contributed by atoms with Crippen LogP contribution in [0, 0.1) is 5.92 Å². The van der Waals surface area contributed by atoms with Gasteiger partial charge in [-0.15, -0.1) is 0 Å². The van der Waals surface area contributed by atoms with E-state index >= 15 is 0 Å². The van der Waals surface area contributed by atoms with Gasteiger partial charge in [-0.1, -0.05) is 6.92 Å². The molecule has 1 N–H and O–H groups in total. The Hall–Kier alpha value is -1.78. The Morgan fingerprint density at radius 2 is 2.00 bits per heavy atom. The van der Waals surface area contributed by atoms with E-state index in [1.54, 1.807) is 12.4 Å². The van der Waals surface area contributed by atoms with Crippen LogP contribution in [0.3, 0.4) is 0 Å². The molecule has 120 valence electrons. The quantitative estimate of drug-likeness (QED) is 0.910. The smallest absolute Gasteiger partial charge is 0.317 e. The molecular weight excluding hydrogens is 278 g/mol. The Bertz CT molecular complexity index is 482. The fourth-order valence-corrected chi connectivity index (χ4v) is 3.09. The molecular formula is C17H25N3O2. The van der Waals surface area contributed by atoms with Crippen molar-refractivity contribution < 1.29 is 9.53 Å². The van der Waals surface area contributed by atoms with Crippen LogP contribution in [0.5, 0.6) is 5.75 Å². The third-order valence-corrected chi connectivity index (χ3v) is 4.62. The molecule has 0 unspecified atom stereocenters. The van der Waals surface area contributed by atoms with Crippen molar-refractivity contribution >= 4 is 6.03 Å². The molecule has 1 aliphatic carbocycles. The van der Waals surface area contributed by atoms with Gasteiger partial charge in [0, 0.05) is 44.4 Å².